The van der Waals surface area contributed by atoms with Gasteiger partial charge in [-0.1, -0.05) is 6.07 Å². The van der Waals surface area contributed by atoms with Gasteiger partial charge < -0.3 is 10.6 Å². The van der Waals surface area contributed by atoms with Crippen molar-refractivity contribution in [1.29, 1.82) is 4.78 Å². The van der Waals surface area contributed by atoms with Gasteiger partial charge in [-0.3, -0.25) is 14.2 Å². The molecule has 0 saturated heterocycles. The summed E-state index contributed by atoms with van der Waals surface area (Å²) in [6, 6.07) is 7.05. The molecule has 2 atom stereocenters. The molecule has 0 unspecified atom stereocenters. The largest absolute Gasteiger partial charge is 0.352 e. The van der Waals surface area contributed by atoms with E-state index in [0.717, 1.165) is 36.1 Å². The van der Waals surface area contributed by atoms with E-state index in [4.69, 9.17) is 4.78 Å². The highest BCUT2D eigenvalue weighted by Gasteiger charge is 2.35. The Balaban J connectivity index is 1.26. The van der Waals surface area contributed by atoms with E-state index in [1.807, 2.05) is 10.6 Å². The Morgan fingerprint density at radius 3 is 2.76 bits per heavy atom. The number of nitrogens with one attached hydrogen (secondary N) is 3. The van der Waals surface area contributed by atoms with Gasteiger partial charge in [-0.25, -0.2) is 8.99 Å². The second kappa shape index (κ2) is 9.92. The molecule has 0 radical (unpaired) electrons. The number of benzene rings is 1. The van der Waals surface area contributed by atoms with Crippen LogP contribution in [0.1, 0.15) is 63.8 Å². The van der Waals surface area contributed by atoms with Crippen LogP contribution in [-0.2, 0) is 33.8 Å². The van der Waals surface area contributed by atoms with Crippen LogP contribution < -0.4 is 10.6 Å². The maximum absolute atomic E-state index is 13.4. The molecule has 1 amide bonds. The van der Waals surface area contributed by atoms with Gasteiger partial charge in [-0.15, -0.1) is 21.5 Å². The lowest BCUT2D eigenvalue weighted by atomic mass is 9.90. The number of thiophene rings is 1. The number of nitrogens with zero attached hydrogens (tertiary/aromatic N) is 3. The molecule has 38 heavy (non-hydrogen) atoms. The van der Waals surface area contributed by atoms with Gasteiger partial charge in [-0.05, 0) is 74.6 Å². The van der Waals surface area contributed by atoms with E-state index in [-0.39, 0.29) is 23.7 Å². The molecule has 0 bridgehead atoms. The number of carbonyl (C=O) groups is 2. The number of aromatic nitrogens is 3. The summed E-state index contributed by atoms with van der Waals surface area (Å²) in [6.45, 7) is 0.698. The number of aryl methyl sites for hydroxylation is 1. The SMILES string of the molecule is C[S@@](=N)(=O)c1cccc(Nc2nncn2[C@H]2CCc3sc(CC(=O)C4CC4)c(C(=O)NCC4CC4)c3C2)c1. The molecule has 3 aliphatic carbocycles. The van der Waals surface area contributed by atoms with Crippen LogP contribution in [0.25, 0.3) is 0 Å². The Kier molecular flexibility index (Phi) is 6.59. The van der Waals surface area contributed by atoms with Crippen molar-refractivity contribution in [2.75, 3.05) is 18.1 Å². The molecule has 200 valence electrons. The third-order valence-electron chi connectivity index (χ3n) is 7.66. The molecule has 2 fully saturated rings. The second-order valence-electron chi connectivity index (χ2n) is 10.8. The number of hydrogen-bond acceptors (Lipinski definition) is 8. The van der Waals surface area contributed by atoms with Crippen molar-refractivity contribution in [1.82, 2.24) is 20.1 Å². The Morgan fingerprint density at radius 1 is 1.21 bits per heavy atom. The summed E-state index contributed by atoms with van der Waals surface area (Å²) in [5, 5.41) is 14.8. The van der Waals surface area contributed by atoms with Crippen LogP contribution in [0, 0.1) is 16.6 Å². The molecule has 2 heterocycles. The number of anilines is 2. The van der Waals surface area contributed by atoms with Crippen molar-refractivity contribution in [2.24, 2.45) is 11.8 Å². The van der Waals surface area contributed by atoms with E-state index in [2.05, 4.69) is 20.8 Å². The summed E-state index contributed by atoms with van der Waals surface area (Å²) in [5.41, 5.74) is 2.46. The monoisotopic (exact) mass is 552 g/mol. The van der Waals surface area contributed by atoms with Crippen LogP contribution in [0.2, 0.25) is 0 Å². The summed E-state index contributed by atoms with van der Waals surface area (Å²) < 4.78 is 22.1. The number of ketones is 1. The number of amides is 1. The van der Waals surface area contributed by atoms with Gasteiger partial charge in [0, 0.05) is 51.5 Å². The van der Waals surface area contributed by atoms with E-state index in [0.29, 0.717) is 47.4 Å². The van der Waals surface area contributed by atoms with E-state index in [1.54, 1.807) is 35.9 Å². The van der Waals surface area contributed by atoms with Crippen LogP contribution >= 0.6 is 11.3 Å². The molecule has 2 aromatic heterocycles. The Labute approximate surface area is 226 Å². The van der Waals surface area contributed by atoms with Crippen LogP contribution in [-0.4, -0.2) is 43.5 Å². The smallest absolute Gasteiger partial charge is 0.252 e. The third-order valence-corrected chi connectivity index (χ3v) is 10.1. The lowest BCUT2D eigenvalue weighted by Gasteiger charge is -2.25. The number of carbonyl (C=O) groups excluding carboxylic acids is 2. The van der Waals surface area contributed by atoms with Crippen molar-refractivity contribution in [3.05, 3.63) is 51.5 Å². The molecule has 1 aromatic carbocycles. The zero-order valence-electron chi connectivity index (χ0n) is 21.4. The predicted molar refractivity (Wildman–Crippen MR) is 147 cm³/mol. The minimum atomic E-state index is -2.84. The first-order chi connectivity index (χ1) is 18.3. The van der Waals surface area contributed by atoms with Crippen LogP contribution in [0.5, 0.6) is 0 Å². The highest BCUT2D eigenvalue weighted by atomic mass is 32.2. The highest BCUT2D eigenvalue weighted by Crippen LogP contribution is 2.41. The summed E-state index contributed by atoms with van der Waals surface area (Å²) in [4.78, 5) is 28.7. The fourth-order valence-electron chi connectivity index (χ4n) is 5.15. The molecule has 0 aliphatic heterocycles. The zero-order valence-corrected chi connectivity index (χ0v) is 23.0. The molecule has 3 aromatic rings. The molecular formula is C27H32N6O3S2. The molecule has 3 aliphatic rings. The average molecular weight is 553 g/mol. The molecule has 3 N–H and O–H groups in total. The summed E-state index contributed by atoms with van der Waals surface area (Å²) in [6.07, 6.45) is 10.1. The van der Waals surface area contributed by atoms with Gasteiger partial charge in [0.25, 0.3) is 5.91 Å². The first-order valence-electron chi connectivity index (χ1n) is 13.2. The van der Waals surface area contributed by atoms with Crippen LogP contribution in [0.4, 0.5) is 11.6 Å². The Morgan fingerprint density at radius 2 is 2.03 bits per heavy atom. The lowest BCUT2D eigenvalue weighted by molar-refractivity contribution is -0.119. The van der Waals surface area contributed by atoms with Crippen LogP contribution in [0.15, 0.2) is 35.5 Å². The molecular weight excluding hydrogens is 520 g/mol. The summed E-state index contributed by atoms with van der Waals surface area (Å²) in [5.74, 6) is 1.52. The Hall–Kier alpha value is -3.05. The fraction of sp³-hybridized carbons (Fsp3) is 0.481. The predicted octanol–water partition coefficient (Wildman–Crippen LogP) is 4.51. The number of rotatable bonds is 10. The maximum atomic E-state index is 13.4. The third kappa shape index (κ3) is 5.40. The van der Waals surface area contributed by atoms with Crippen molar-refractivity contribution < 1.29 is 13.8 Å². The van der Waals surface area contributed by atoms with Gasteiger partial charge >= 0.3 is 0 Å². The van der Waals surface area contributed by atoms with E-state index >= 15 is 0 Å². The normalized spacial score (nSPS) is 20.4. The van der Waals surface area contributed by atoms with E-state index in [1.165, 1.54) is 24.0 Å². The minimum Gasteiger partial charge on any atom is -0.352 e. The van der Waals surface area contributed by atoms with Gasteiger partial charge in [0.1, 0.15) is 12.1 Å². The Bertz CT molecular complexity index is 1500. The van der Waals surface area contributed by atoms with Gasteiger partial charge in [-0.2, -0.15) is 0 Å². The van der Waals surface area contributed by atoms with Gasteiger partial charge in [0.2, 0.25) is 5.95 Å². The maximum Gasteiger partial charge on any atom is 0.252 e. The fourth-order valence-corrected chi connectivity index (χ4v) is 7.20. The summed E-state index contributed by atoms with van der Waals surface area (Å²) >= 11 is 1.64. The molecule has 6 rings (SSSR count). The first kappa shape index (κ1) is 25.2. The second-order valence-corrected chi connectivity index (χ2v) is 14.2. The summed E-state index contributed by atoms with van der Waals surface area (Å²) in [7, 11) is -2.84. The minimum absolute atomic E-state index is 0.0475. The number of fused-ring (bicyclic) bond motifs is 1. The lowest BCUT2D eigenvalue weighted by Crippen LogP contribution is -2.28. The first-order valence-corrected chi connectivity index (χ1v) is 16.0. The van der Waals surface area contributed by atoms with Crippen molar-refractivity contribution in [3.63, 3.8) is 0 Å². The standard InChI is InChI=1S/C27H32N6O3S2/c1-38(28,36)20-4-2-3-18(11-20)31-27-32-30-15-33(27)19-9-10-23-21(12-19)25(26(35)29-14-16-5-6-16)24(37-23)13-22(34)17-7-8-17/h2-4,11,15-17,19,28H,5-10,12-14H2,1H3,(H,29,35)(H,31,32)/t19-,38+/m0/s1. The average Bonchev–Trinajstić information content (AvgIpc) is 3.81. The van der Waals surface area contributed by atoms with Crippen molar-refractivity contribution >= 4 is 44.4 Å². The number of hydrogen-bond donors (Lipinski definition) is 3. The van der Waals surface area contributed by atoms with Crippen molar-refractivity contribution in [2.45, 2.75) is 62.3 Å². The topological polar surface area (TPSA) is 130 Å². The molecule has 2 saturated carbocycles. The van der Waals surface area contributed by atoms with Gasteiger partial charge in [0.05, 0.1) is 15.3 Å². The zero-order chi connectivity index (χ0) is 26.4. The molecule has 11 heteroatoms. The van der Waals surface area contributed by atoms with Crippen molar-refractivity contribution in [3.8, 4) is 0 Å². The molecule has 9 nitrogen and oxygen atoms in total. The van der Waals surface area contributed by atoms with Crippen LogP contribution in [0.3, 0.4) is 0 Å². The highest BCUT2D eigenvalue weighted by molar-refractivity contribution is 7.91. The quantitative estimate of drug-likeness (QED) is 0.339. The van der Waals surface area contributed by atoms with Gasteiger partial charge in [0.15, 0.2) is 0 Å². The number of Topliss-reactive ketones (excluding diaryl/α,β-unsaturated/α-hetero) is 1. The molecule has 0 spiro atoms. The van der Waals surface area contributed by atoms with E-state index < -0.39 is 9.73 Å². The van der Waals surface area contributed by atoms with E-state index in [9.17, 15) is 13.8 Å².